The lowest BCUT2D eigenvalue weighted by Crippen LogP contribution is -2.51. The van der Waals surface area contributed by atoms with E-state index < -0.39 is 0 Å². The minimum absolute atomic E-state index is 0.0964. The third-order valence-electron chi connectivity index (χ3n) is 6.87. The number of halogens is 1. The van der Waals surface area contributed by atoms with Gasteiger partial charge in [-0.2, -0.15) is 0 Å². The Morgan fingerprint density at radius 2 is 1.88 bits per heavy atom. The first-order valence-corrected chi connectivity index (χ1v) is 12.8. The van der Waals surface area contributed by atoms with E-state index in [0.29, 0.717) is 66.8 Å². The normalized spacial score (nSPS) is 13.5. The smallest absolute Gasteiger partial charge is 0.251 e. The number of benzene rings is 2. The van der Waals surface area contributed by atoms with Crippen LogP contribution in [0.2, 0.25) is 0 Å². The van der Waals surface area contributed by atoms with Gasteiger partial charge in [0.1, 0.15) is 17.8 Å². The minimum atomic E-state index is -0.380. The maximum Gasteiger partial charge on any atom is 0.251 e. The number of anilines is 2. The number of nitrogens with one attached hydrogen (secondary N) is 3. The Morgan fingerprint density at radius 1 is 1.00 bits per heavy atom. The van der Waals surface area contributed by atoms with E-state index in [2.05, 4.69) is 25.9 Å². The van der Waals surface area contributed by atoms with E-state index in [1.807, 2.05) is 23.2 Å². The number of fused-ring (bicyclic) bond motifs is 1. The van der Waals surface area contributed by atoms with Gasteiger partial charge in [-0.15, -0.1) is 0 Å². The van der Waals surface area contributed by atoms with Crippen LogP contribution in [0.15, 0.2) is 76.1 Å². The molecule has 12 heteroatoms. The van der Waals surface area contributed by atoms with Crippen molar-refractivity contribution in [3.05, 3.63) is 84.2 Å². The summed E-state index contributed by atoms with van der Waals surface area (Å²) in [6, 6.07) is 15.6. The molecular weight excluding hydrogens is 517 g/mol. The first-order chi connectivity index (χ1) is 19.5. The van der Waals surface area contributed by atoms with Crippen molar-refractivity contribution in [3.8, 4) is 11.3 Å². The summed E-state index contributed by atoms with van der Waals surface area (Å²) in [5, 5.41) is 14.5. The summed E-state index contributed by atoms with van der Waals surface area (Å²) in [7, 11) is 0. The third kappa shape index (κ3) is 5.37. The van der Waals surface area contributed by atoms with Crippen LogP contribution >= 0.6 is 0 Å². The zero-order valence-corrected chi connectivity index (χ0v) is 21.4. The van der Waals surface area contributed by atoms with E-state index in [9.17, 15) is 9.59 Å². The molecule has 1 aliphatic heterocycles. The van der Waals surface area contributed by atoms with Crippen molar-refractivity contribution in [1.82, 2.24) is 25.5 Å². The van der Waals surface area contributed by atoms with Crippen LogP contribution < -0.4 is 15.5 Å². The molecule has 0 aliphatic carbocycles. The van der Waals surface area contributed by atoms with Crippen LogP contribution in [-0.4, -0.2) is 64.7 Å². The number of carbonyl (C=O) groups is 2. The van der Waals surface area contributed by atoms with Crippen LogP contribution in [0.3, 0.4) is 0 Å². The van der Waals surface area contributed by atoms with Crippen LogP contribution in [0.1, 0.15) is 16.1 Å². The van der Waals surface area contributed by atoms with Gasteiger partial charge in [0, 0.05) is 66.5 Å². The molecule has 11 nitrogen and oxygen atoms in total. The third-order valence-corrected chi connectivity index (χ3v) is 6.87. The molecule has 0 atom stereocenters. The van der Waals surface area contributed by atoms with Crippen molar-refractivity contribution in [1.29, 1.82) is 0 Å². The molecule has 2 amide bonds. The lowest BCUT2D eigenvalue weighted by atomic mass is 10.1. The highest BCUT2D eigenvalue weighted by atomic mass is 19.1. The fourth-order valence-corrected chi connectivity index (χ4v) is 4.70. The Morgan fingerprint density at radius 3 is 2.67 bits per heavy atom. The van der Waals surface area contributed by atoms with Crippen molar-refractivity contribution >= 4 is 34.2 Å². The van der Waals surface area contributed by atoms with Crippen molar-refractivity contribution in [2.45, 2.75) is 6.54 Å². The molecule has 1 saturated heterocycles. The summed E-state index contributed by atoms with van der Waals surface area (Å²) < 4.78 is 25.2. The first-order valence-electron chi connectivity index (χ1n) is 12.8. The highest BCUT2D eigenvalue weighted by Gasteiger charge is 2.24. The van der Waals surface area contributed by atoms with E-state index in [4.69, 9.17) is 9.05 Å². The summed E-state index contributed by atoms with van der Waals surface area (Å²) in [5.74, 6) is 0.287. The number of carbonyl (C=O) groups excluding carboxylic acids is 2. The van der Waals surface area contributed by atoms with Crippen molar-refractivity contribution in [2.75, 3.05) is 42.9 Å². The second-order valence-electron chi connectivity index (χ2n) is 9.41. The van der Waals surface area contributed by atoms with Gasteiger partial charge in [-0.1, -0.05) is 16.4 Å². The molecule has 0 radical (unpaired) electrons. The molecule has 0 unspecified atom stereocenters. The van der Waals surface area contributed by atoms with E-state index in [1.54, 1.807) is 41.3 Å². The standard InChI is InChI=1S/C28H26FN7O4/c29-22-14-18(24-15-21(40-33-24)16-31-26-6-12-39-34-26)2-4-25(22)35-8-10-36(11-9-35)27(37)17-32-28(38)20-1-3-23-19(13-20)5-7-30-23/h1-7,12-15,30H,8-11,16-17H2,(H,31,34)(H,32,38). The largest absolute Gasteiger partial charge is 0.366 e. The van der Waals surface area contributed by atoms with Gasteiger partial charge < -0.3 is 34.5 Å². The number of rotatable bonds is 8. The molecule has 6 rings (SSSR count). The van der Waals surface area contributed by atoms with Crippen LogP contribution in [0.25, 0.3) is 22.2 Å². The van der Waals surface area contributed by atoms with Gasteiger partial charge in [-0.05, 0) is 36.4 Å². The maximum absolute atomic E-state index is 15.1. The van der Waals surface area contributed by atoms with Crippen molar-refractivity contribution in [2.24, 2.45) is 0 Å². The average molecular weight is 544 g/mol. The Hall–Kier alpha value is -5.13. The molecule has 2 aromatic carbocycles. The second-order valence-corrected chi connectivity index (χ2v) is 9.41. The summed E-state index contributed by atoms with van der Waals surface area (Å²) in [6.07, 6.45) is 3.27. The first kappa shape index (κ1) is 25.2. The molecule has 1 aliphatic rings. The molecule has 1 fully saturated rings. The fourth-order valence-electron chi connectivity index (χ4n) is 4.70. The van der Waals surface area contributed by atoms with E-state index in [0.717, 1.165) is 10.9 Å². The van der Waals surface area contributed by atoms with Crippen LogP contribution in [-0.2, 0) is 11.3 Å². The molecule has 40 heavy (non-hydrogen) atoms. The molecule has 0 bridgehead atoms. The second kappa shape index (κ2) is 10.9. The Bertz CT molecular complexity index is 1640. The fraction of sp³-hybridized carbons (Fsp3) is 0.214. The van der Waals surface area contributed by atoms with Crippen molar-refractivity contribution in [3.63, 3.8) is 0 Å². The number of amides is 2. The van der Waals surface area contributed by atoms with E-state index in [1.165, 1.54) is 12.3 Å². The summed E-state index contributed by atoms with van der Waals surface area (Å²) >= 11 is 0. The van der Waals surface area contributed by atoms with E-state index in [-0.39, 0.29) is 24.2 Å². The number of aromatic nitrogens is 3. The molecule has 3 N–H and O–H groups in total. The Kier molecular flexibility index (Phi) is 6.87. The van der Waals surface area contributed by atoms with E-state index >= 15 is 4.39 Å². The van der Waals surface area contributed by atoms with Gasteiger partial charge in [0.25, 0.3) is 5.91 Å². The van der Waals surface area contributed by atoms with Gasteiger partial charge in [0.05, 0.1) is 18.8 Å². The summed E-state index contributed by atoms with van der Waals surface area (Å²) in [5.41, 5.74) is 3.01. The van der Waals surface area contributed by atoms with Gasteiger partial charge >= 0.3 is 0 Å². The minimum Gasteiger partial charge on any atom is -0.366 e. The number of nitrogens with zero attached hydrogens (tertiary/aromatic N) is 4. The predicted octanol–water partition coefficient (Wildman–Crippen LogP) is 3.64. The van der Waals surface area contributed by atoms with Crippen LogP contribution in [0.4, 0.5) is 15.9 Å². The summed E-state index contributed by atoms with van der Waals surface area (Å²) in [6.45, 7) is 2.06. The number of piperazine rings is 1. The maximum atomic E-state index is 15.1. The lowest BCUT2D eigenvalue weighted by Gasteiger charge is -2.36. The Labute approximate surface area is 227 Å². The highest BCUT2D eigenvalue weighted by molar-refractivity contribution is 5.99. The monoisotopic (exact) mass is 543 g/mol. The quantitative estimate of drug-likeness (QED) is 0.270. The topological polar surface area (TPSA) is 133 Å². The summed E-state index contributed by atoms with van der Waals surface area (Å²) in [4.78, 5) is 31.9. The van der Waals surface area contributed by atoms with Gasteiger partial charge in [0.15, 0.2) is 11.6 Å². The van der Waals surface area contributed by atoms with Gasteiger partial charge in [-0.25, -0.2) is 4.39 Å². The van der Waals surface area contributed by atoms with Gasteiger partial charge in [-0.3, -0.25) is 9.59 Å². The highest BCUT2D eigenvalue weighted by Crippen LogP contribution is 2.27. The van der Waals surface area contributed by atoms with Crippen LogP contribution in [0.5, 0.6) is 0 Å². The number of H-pyrrole nitrogens is 1. The Balaban J connectivity index is 1.00. The predicted molar refractivity (Wildman–Crippen MR) is 145 cm³/mol. The SMILES string of the molecule is O=C(NCC(=O)N1CCN(c2ccc(-c3cc(CNc4ccon4)on3)cc2F)CC1)c1ccc2[nH]ccc2c1. The molecule has 0 saturated carbocycles. The molecular formula is C28H26FN7O4. The zero-order valence-electron chi connectivity index (χ0n) is 21.4. The number of hydrogen-bond donors (Lipinski definition) is 3. The molecule has 0 spiro atoms. The average Bonchev–Trinajstić information content (AvgIpc) is 3.76. The molecule has 204 valence electrons. The zero-order chi connectivity index (χ0) is 27.5. The lowest BCUT2D eigenvalue weighted by molar-refractivity contribution is -0.130. The van der Waals surface area contributed by atoms with Crippen LogP contribution in [0, 0.1) is 5.82 Å². The number of aromatic amines is 1. The van der Waals surface area contributed by atoms with Crippen molar-refractivity contribution < 1.29 is 23.0 Å². The molecule has 5 aromatic rings. The van der Waals surface area contributed by atoms with Gasteiger partial charge in [0.2, 0.25) is 5.91 Å². The molecule has 3 aromatic heterocycles. The number of hydrogen-bond acceptors (Lipinski definition) is 8. The molecule has 4 heterocycles.